The van der Waals surface area contributed by atoms with E-state index >= 15 is 0 Å². The third-order valence-corrected chi connectivity index (χ3v) is 6.58. The van der Waals surface area contributed by atoms with Crippen molar-refractivity contribution in [3.8, 4) is 17.9 Å². The SMILES string of the molecule is COc1ccc(C(=O)C2C(c3ccccc3)C(C#N)(C#N)C3c4ccccc4C=NN23)cc1. The van der Waals surface area contributed by atoms with Crippen LogP contribution in [0.15, 0.2) is 84.0 Å². The summed E-state index contributed by atoms with van der Waals surface area (Å²) >= 11 is 0. The van der Waals surface area contributed by atoms with Crippen LogP contribution in [0.3, 0.4) is 0 Å². The van der Waals surface area contributed by atoms with E-state index in [1.54, 1.807) is 42.6 Å². The number of nitriles is 2. The molecule has 0 spiro atoms. The summed E-state index contributed by atoms with van der Waals surface area (Å²) in [5.41, 5.74) is 1.39. The van der Waals surface area contributed by atoms with Crippen molar-refractivity contribution in [3.63, 3.8) is 0 Å². The Labute approximate surface area is 192 Å². The number of carbonyl (C=O) groups excluding carboxylic acids is 1. The predicted octanol–water partition coefficient (Wildman–Crippen LogP) is 4.47. The second-order valence-corrected chi connectivity index (χ2v) is 8.17. The molecule has 2 aliphatic rings. The van der Waals surface area contributed by atoms with Gasteiger partial charge in [-0.1, -0.05) is 54.6 Å². The number of rotatable bonds is 4. The molecule has 2 aliphatic heterocycles. The van der Waals surface area contributed by atoms with Gasteiger partial charge in [0.05, 0.1) is 25.5 Å². The molecule has 0 saturated carbocycles. The average molecular weight is 432 g/mol. The molecule has 3 atom stereocenters. The lowest BCUT2D eigenvalue weighted by Crippen LogP contribution is -2.38. The van der Waals surface area contributed by atoms with Crippen LogP contribution in [-0.2, 0) is 0 Å². The van der Waals surface area contributed by atoms with Crippen molar-refractivity contribution in [2.45, 2.75) is 18.0 Å². The van der Waals surface area contributed by atoms with Crippen LogP contribution >= 0.6 is 0 Å². The first-order valence-electron chi connectivity index (χ1n) is 10.6. The molecular weight excluding hydrogens is 412 g/mol. The Morgan fingerprint density at radius 2 is 1.64 bits per heavy atom. The summed E-state index contributed by atoms with van der Waals surface area (Å²) in [5.74, 6) is -0.249. The Bertz CT molecular complexity index is 1300. The number of carbonyl (C=O) groups is 1. The first-order chi connectivity index (χ1) is 16.1. The Morgan fingerprint density at radius 1 is 0.970 bits per heavy atom. The zero-order chi connectivity index (χ0) is 23.0. The van der Waals surface area contributed by atoms with Crippen LogP contribution in [0.2, 0.25) is 0 Å². The molecule has 0 aliphatic carbocycles. The van der Waals surface area contributed by atoms with Gasteiger partial charge in [0.15, 0.2) is 11.2 Å². The number of nitrogens with zero attached hydrogens (tertiary/aromatic N) is 4. The summed E-state index contributed by atoms with van der Waals surface area (Å²) in [6.45, 7) is 0. The maximum atomic E-state index is 13.9. The number of hydrogen-bond acceptors (Lipinski definition) is 6. The molecule has 0 aromatic heterocycles. The summed E-state index contributed by atoms with van der Waals surface area (Å²) in [6.07, 6.45) is 1.70. The molecule has 0 radical (unpaired) electrons. The Morgan fingerprint density at radius 3 is 2.30 bits per heavy atom. The summed E-state index contributed by atoms with van der Waals surface area (Å²) in [7, 11) is 1.57. The van der Waals surface area contributed by atoms with Gasteiger partial charge in [0.25, 0.3) is 0 Å². The topological polar surface area (TPSA) is 89.5 Å². The summed E-state index contributed by atoms with van der Waals surface area (Å²) < 4.78 is 5.23. The van der Waals surface area contributed by atoms with E-state index in [9.17, 15) is 15.3 Å². The van der Waals surface area contributed by atoms with Crippen LogP contribution in [0, 0.1) is 28.1 Å². The fourth-order valence-corrected chi connectivity index (χ4v) is 5.06. The number of methoxy groups -OCH3 is 1. The van der Waals surface area contributed by atoms with Gasteiger partial charge in [0, 0.05) is 11.5 Å². The molecule has 160 valence electrons. The van der Waals surface area contributed by atoms with E-state index in [0.29, 0.717) is 11.3 Å². The summed E-state index contributed by atoms with van der Waals surface area (Å²) in [6, 6.07) is 26.9. The highest BCUT2D eigenvalue weighted by atomic mass is 16.5. The molecule has 33 heavy (non-hydrogen) atoms. The highest BCUT2D eigenvalue weighted by Gasteiger charge is 2.64. The van der Waals surface area contributed by atoms with Crippen LogP contribution < -0.4 is 4.74 Å². The van der Waals surface area contributed by atoms with Crippen LogP contribution in [0.25, 0.3) is 0 Å². The molecule has 2 heterocycles. The minimum atomic E-state index is -1.51. The fourth-order valence-electron chi connectivity index (χ4n) is 5.06. The molecule has 0 bridgehead atoms. The van der Waals surface area contributed by atoms with Gasteiger partial charge in [0.2, 0.25) is 0 Å². The molecule has 3 unspecified atom stereocenters. The van der Waals surface area contributed by atoms with Gasteiger partial charge >= 0.3 is 0 Å². The van der Waals surface area contributed by atoms with Gasteiger partial charge in [-0.25, -0.2) is 0 Å². The van der Waals surface area contributed by atoms with Crippen molar-refractivity contribution in [1.29, 1.82) is 10.5 Å². The second kappa shape index (κ2) is 7.93. The minimum absolute atomic E-state index is 0.194. The minimum Gasteiger partial charge on any atom is -0.497 e. The number of ether oxygens (including phenoxy) is 1. The molecule has 3 aromatic carbocycles. The van der Waals surface area contributed by atoms with Gasteiger partial charge in [0.1, 0.15) is 17.8 Å². The number of hydrazone groups is 1. The van der Waals surface area contributed by atoms with Crippen molar-refractivity contribution in [3.05, 3.63) is 101 Å². The Kier molecular flexibility index (Phi) is 4.92. The number of fused-ring (bicyclic) bond motifs is 3. The Hall–Kier alpha value is -4.42. The largest absolute Gasteiger partial charge is 0.497 e. The molecule has 5 rings (SSSR count). The van der Waals surface area contributed by atoms with Crippen molar-refractivity contribution in [1.82, 2.24) is 5.01 Å². The second-order valence-electron chi connectivity index (χ2n) is 8.17. The highest BCUT2D eigenvalue weighted by Crippen LogP contribution is 2.59. The standard InChI is InChI=1S/C27H20N4O2/c1-33-21-13-11-19(12-14-21)25(32)24-23(18-7-3-2-4-8-18)27(16-28,17-29)26-22-10-6-5-9-20(22)15-30-31(24)26/h2-15,23-24,26H,1H3. The monoisotopic (exact) mass is 432 g/mol. The number of hydrogen-bond donors (Lipinski definition) is 0. The smallest absolute Gasteiger partial charge is 0.187 e. The van der Waals surface area contributed by atoms with Crippen molar-refractivity contribution >= 4 is 12.0 Å². The Balaban J connectivity index is 1.74. The maximum Gasteiger partial charge on any atom is 0.187 e. The van der Waals surface area contributed by atoms with Gasteiger partial charge < -0.3 is 4.74 Å². The van der Waals surface area contributed by atoms with Gasteiger partial charge in [-0.2, -0.15) is 15.6 Å². The molecular formula is C27H20N4O2. The lowest BCUT2D eigenvalue weighted by Gasteiger charge is -2.33. The molecule has 1 saturated heterocycles. The van der Waals surface area contributed by atoms with Gasteiger partial charge in [-0.3, -0.25) is 9.80 Å². The van der Waals surface area contributed by atoms with Gasteiger partial charge in [-0.05, 0) is 41.0 Å². The van der Waals surface area contributed by atoms with Crippen molar-refractivity contribution < 1.29 is 9.53 Å². The van der Waals surface area contributed by atoms with Crippen LogP contribution in [-0.4, -0.2) is 30.2 Å². The van der Waals surface area contributed by atoms with E-state index in [0.717, 1.165) is 16.7 Å². The normalized spacial score (nSPS) is 21.9. The third-order valence-electron chi connectivity index (χ3n) is 6.58. The lowest BCUT2D eigenvalue weighted by molar-refractivity contribution is 0.0821. The molecule has 0 N–H and O–H groups in total. The molecule has 6 nitrogen and oxygen atoms in total. The fraction of sp³-hybridized carbons (Fsp3) is 0.185. The predicted molar refractivity (Wildman–Crippen MR) is 123 cm³/mol. The molecule has 3 aromatic rings. The summed E-state index contributed by atoms with van der Waals surface area (Å²) in [5, 5.41) is 27.2. The zero-order valence-electron chi connectivity index (χ0n) is 17.9. The molecule has 1 fully saturated rings. The van der Waals surface area contributed by atoms with E-state index in [1.165, 1.54) is 0 Å². The number of ketones is 1. The maximum absolute atomic E-state index is 13.9. The number of benzene rings is 3. The average Bonchev–Trinajstić information content (AvgIpc) is 3.20. The number of Topliss-reactive ketones (excluding diaryl/α,β-unsaturated/α-hetero) is 1. The highest BCUT2D eigenvalue weighted by molar-refractivity contribution is 6.02. The van der Waals surface area contributed by atoms with Crippen LogP contribution in [0.5, 0.6) is 5.75 Å². The van der Waals surface area contributed by atoms with Crippen molar-refractivity contribution in [2.24, 2.45) is 10.5 Å². The van der Waals surface area contributed by atoms with Crippen molar-refractivity contribution in [2.75, 3.05) is 7.11 Å². The third kappa shape index (κ3) is 3.00. The quantitative estimate of drug-likeness (QED) is 0.568. The van der Waals surface area contributed by atoms with E-state index in [2.05, 4.69) is 17.2 Å². The molecule has 0 amide bonds. The summed E-state index contributed by atoms with van der Waals surface area (Å²) in [4.78, 5) is 13.9. The van der Waals surface area contributed by atoms with E-state index < -0.39 is 23.4 Å². The van der Waals surface area contributed by atoms with Gasteiger partial charge in [-0.15, -0.1) is 0 Å². The molecule has 6 heteroatoms. The van der Waals surface area contributed by atoms with Crippen LogP contribution in [0.1, 0.15) is 39.0 Å². The lowest BCUT2D eigenvalue weighted by atomic mass is 9.67. The first-order valence-corrected chi connectivity index (χ1v) is 10.6. The van der Waals surface area contributed by atoms with E-state index in [4.69, 9.17) is 4.74 Å². The van der Waals surface area contributed by atoms with Crippen LogP contribution in [0.4, 0.5) is 0 Å². The zero-order valence-corrected chi connectivity index (χ0v) is 17.9. The van der Waals surface area contributed by atoms with E-state index in [-0.39, 0.29) is 5.78 Å². The van der Waals surface area contributed by atoms with E-state index in [1.807, 2.05) is 54.6 Å². The first kappa shape index (κ1) is 20.5.